The molecular weight excluding hydrogens is 455 g/mol. The Balaban J connectivity index is 1.56. The number of anilines is 1. The molecule has 2 aromatic rings. The number of halogens is 2. The van der Waals surface area contributed by atoms with Gasteiger partial charge in [0, 0.05) is 35.7 Å². The molecule has 30 heavy (non-hydrogen) atoms. The number of piperazine rings is 1. The minimum atomic E-state index is -0.518. The van der Waals surface area contributed by atoms with Gasteiger partial charge in [0.15, 0.2) is 5.75 Å². The van der Waals surface area contributed by atoms with E-state index in [0.717, 1.165) is 0 Å². The summed E-state index contributed by atoms with van der Waals surface area (Å²) in [6.45, 7) is 9.33. The smallest absolute Gasteiger partial charge is 0.410 e. The summed E-state index contributed by atoms with van der Waals surface area (Å²) in [5.41, 5.74) is -0.0654. The van der Waals surface area contributed by atoms with Gasteiger partial charge in [-0.15, -0.1) is 0 Å². The summed E-state index contributed by atoms with van der Waals surface area (Å²) in [7, 11) is 0. The van der Waals surface area contributed by atoms with Crippen LogP contribution in [0.5, 0.6) is 5.75 Å². The van der Waals surface area contributed by atoms with Crippen molar-refractivity contribution in [3.8, 4) is 5.75 Å². The molecule has 1 atom stereocenters. The molecule has 3 rings (SSSR count). The molecule has 0 saturated carbocycles. The molecule has 1 aromatic heterocycles. The summed E-state index contributed by atoms with van der Waals surface area (Å²) in [5.74, 6) is 0.688. The van der Waals surface area contributed by atoms with Crippen molar-refractivity contribution in [2.75, 3.05) is 24.5 Å². The SMILES string of the molecule is CC1CN(C(=O)OC(C)(C)C)CCN1c1ncc(OCc2ccc(Br)cc2F)cn1. The average Bonchev–Trinajstić information content (AvgIpc) is 2.66. The van der Waals surface area contributed by atoms with Crippen LogP contribution in [0.25, 0.3) is 0 Å². The highest BCUT2D eigenvalue weighted by Gasteiger charge is 2.30. The first-order valence-electron chi connectivity index (χ1n) is 9.76. The van der Waals surface area contributed by atoms with Gasteiger partial charge < -0.3 is 19.3 Å². The Kier molecular flexibility index (Phi) is 6.80. The molecule has 0 aliphatic carbocycles. The lowest BCUT2D eigenvalue weighted by molar-refractivity contribution is 0.0218. The third-order valence-corrected chi connectivity index (χ3v) is 5.05. The zero-order valence-corrected chi connectivity index (χ0v) is 19.1. The van der Waals surface area contributed by atoms with Gasteiger partial charge >= 0.3 is 6.09 Å². The number of carbonyl (C=O) groups is 1. The van der Waals surface area contributed by atoms with E-state index in [4.69, 9.17) is 9.47 Å². The zero-order valence-electron chi connectivity index (χ0n) is 17.6. The second-order valence-electron chi connectivity index (χ2n) is 8.21. The van der Waals surface area contributed by atoms with Gasteiger partial charge in [-0.05, 0) is 39.8 Å². The number of ether oxygens (including phenoxy) is 2. The van der Waals surface area contributed by atoms with E-state index in [-0.39, 0.29) is 24.6 Å². The summed E-state index contributed by atoms with van der Waals surface area (Å²) in [4.78, 5) is 24.8. The van der Waals surface area contributed by atoms with Crippen LogP contribution in [0.4, 0.5) is 15.1 Å². The van der Waals surface area contributed by atoms with E-state index in [9.17, 15) is 9.18 Å². The topological polar surface area (TPSA) is 67.8 Å². The van der Waals surface area contributed by atoms with Gasteiger partial charge in [0.1, 0.15) is 18.0 Å². The van der Waals surface area contributed by atoms with E-state index < -0.39 is 5.60 Å². The largest absolute Gasteiger partial charge is 0.486 e. The summed E-state index contributed by atoms with van der Waals surface area (Å²) < 4.78 is 25.6. The van der Waals surface area contributed by atoms with Crippen molar-refractivity contribution in [3.05, 3.63) is 46.4 Å². The van der Waals surface area contributed by atoms with Crippen LogP contribution in [0.3, 0.4) is 0 Å². The number of aromatic nitrogens is 2. The Morgan fingerprint density at radius 2 is 1.97 bits per heavy atom. The Labute approximate surface area is 184 Å². The standard InChI is InChI=1S/C21H26BrFN4O3/c1-14-12-26(20(28)30-21(2,3)4)7-8-27(14)19-24-10-17(11-25-19)29-13-15-5-6-16(22)9-18(15)23/h5-6,9-11,14H,7-8,12-13H2,1-4H3. The van der Waals surface area contributed by atoms with Gasteiger partial charge in [-0.2, -0.15) is 0 Å². The predicted molar refractivity (Wildman–Crippen MR) is 115 cm³/mol. The van der Waals surface area contributed by atoms with Crippen molar-refractivity contribution >= 4 is 28.0 Å². The van der Waals surface area contributed by atoms with Gasteiger partial charge in [0.05, 0.1) is 12.4 Å². The molecule has 162 valence electrons. The normalized spacial score (nSPS) is 17.1. The monoisotopic (exact) mass is 480 g/mol. The Morgan fingerprint density at radius 3 is 2.57 bits per heavy atom. The zero-order chi connectivity index (χ0) is 21.9. The molecule has 1 aromatic carbocycles. The van der Waals surface area contributed by atoms with Crippen molar-refractivity contribution in [2.24, 2.45) is 0 Å². The number of carbonyl (C=O) groups excluding carboxylic acids is 1. The van der Waals surface area contributed by atoms with E-state index in [2.05, 4.69) is 25.9 Å². The molecule has 0 spiro atoms. The van der Waals surface area contributed by atoms with E-state index in [1.807, 2.05) is 32.6 Å². The van der Waals surface area contributed by atoms with Crippen LogP contribution >= 0.6 is 15.9 Å². The minimum Gasteiger partial charge on any atom is -0.486 e. The Bertz CT molecular complexity index is 889. The molecular formula is C21H26BrFN4O3. The van der Waals surface area contributed by atoms with E-state index in [1.165, 1.54) is 6.07 Å². The van der Waals surface area contributed by atoms with Crippen LogP contribution in [0.2, 0.25) is 0 Å². The quantitative estimate of drug-likeness (QED) is 0.645. The molecule has 1 aliphatic heterocycles. The first-order valence-corrected chi connectivity index (χ1v) is 10.5. The summed E-state index contributed by atoms with van der Waals surface area (Å²) in [6, 6.07) is 4.87. The number of amides is 1. The van der Waals surface area contributed by atoms with Crippen molar-refractivity contribution in [1.29, 1.82) is 0 Å². The Morgan fingerprint density at radius 1 is 1.27 bits per heavy atom. The summed E-state index contributed by atoms with van der Waals surface area (Å²) in [6.07, 6.45) is 2.84. The third kappa shape index (κ3) is 5.81. The fourth-order valence-electron chi connectivity index (χ4n) is 3.08. The van der Waals surface area contributed by atoms with Crippen LogP contribution in [0, 0.1) is 5.82 Å². The molecule has 1 saturated heterocycles. The highest BCUT2D eigenvalue weighted by atomic mass is 79.9. The molecule has 1 aliphatic rings. The fourth-order valence-corrected chi connectivity index (χ4v) is 3.41. The summed E-state index contributed by atoms with van der Waals surface area (Å²) in [5, 5.41) is 0. The fraction of sp³-hybridized carbons (Fsp3) is 0.476. The predicted octanol–water partition coefficient (Wildman–Crippen LogP) is 4.40. The molecule has 1 unspecified atom stereocenters. The van der Waals surface area contributed by atoms with Gasteiger partial charge in [-0.25, -0.2) is 19.2 Å². The van der Waals surface area contributed by atoms with Gasteiger partial charge in [-0.3, -0.25) is 0 Å². The molecule has 9 heteroatoms. The number of nitrogens with zero attached hydrogens (tertiary/aromatic N) is 4. The lowest BCUT2D eigenvalue weighted by atomic mass is 10.2. The first-order chi connectivity index (χ1) is 14.1. The maximum absolute atomic E-state index is 13.9. The average molecular weight is 481 g/mol. The first kappa shape index (κ1) is 22.3. The highest BCUT2D eigenvalue weighted by molar-refractivity contribution is 9.10. The molecule has 1 fully saturated rings. The van der Waals surface area contributed by atoms with Crippen LogP contribution in [0.15, 0.2) is 35.1 Å². The van der Waals surface area contributed by atoms with Gasteiger partial charge in [0.2, 0.25) is 5.95 Å². The van der Waals surface area contributed by atoms with Gasteiger partial charge in [0.25, 0.3) is 0 Å². The van der Waals surface area contributed by atoms with Crippen LogP contribution in [-0.2, 0) is 11.3 Å². The third-order valence-electron chi connectivity index (χ3n) is 4.56. The Hall–Kier alpha value is -2.42. The molecule has 0 bridgehead atoms. The van der Waals surface area contributed by atoms with Crippen molar-refractivity contribution < 1.29 is 18.7 Å². The lowest BCUT2D eigenvalue weighted by Crippen LogP contribution is -2.55. The molecule has 7 nitrogen and oxygen atoms in total. The van der Waals surface area contributed by atoms with Crippen LogP contribution < -0.4 is 9.64 Å². The molecule has 0 N–H and O–H groups in total. The summed E-state index contributed by atoms with van der Waals surface area (Å²) >= 11 is 3.23. The second-order valence-corrected chi connectivity index (χ2v) is 9.13. The van der Waals surface area contributed by atoms with Crippen LogP contribution in [-0.4, -0.2) is 52.2 Å². The number of benzene rings is 1. The second kappa shape index (κ2) is 9.16. The van der Waals surface area contributed by atoms with Crippen LogP contribution in [0.1, 0.15) is 33.3 Å². The number of rotatable bonds is 4. The van der Waals surface area contributed by atoms with E-state index >= 15 is 0 Å². The van der Waals surface area contributed by atoms with Crippen molar-refractivity contribution in [1.82, 2.24) is 14.9 Å². The minimum absolute atomic E-state index is 0.0369. The number of hydrogen-bond donors (Lipinski definition) is 0. The van der Waals surface area contributed by atoms with E-state index in [1.54, 1.807) is 29.4 Å². The molecule has 2 heterocycles. The highest BCUT2D eigenvalue weighted by Crippen LogP contribution is 2.21. The van der Waals surface area contributed by atoms with Gasteiger partial charge in [-0.1, -0.05) is 22.0 Å². The lowest BCUT2D eigenvalue weighted by Gasteiger charge is -2.40. The van der Waals surface area contributed by atoms with Crippen molar-refractivity contribution in [2.45, 2.75) is 45.9 Å². The maximum Gasteiger partial charge on any atom is 0.410 e. The number of hydrogen-bond acceptors (Lipinski definition) is 6. The maximum atomic E-state index is 13.9. The molecule has 1 amide bonds. The molecule has 0 radical (unpaired) electrons. The van der Waals surface area contributed by atoms with Crippen molar-refractivity contribution in [3.63, 3.8) is 0 Å². The van der Waals surface area contributed by atoms with E-state index in [0.29, 0.717) is 41.4 Å².